The van der Waals surface area contributed by atoms with Crippen molar-refractivity contribution < 1.29 is 0 Å². The summed E-state index contributed by atoms with van der Waals surface area (Å²) < 4.78 is 2.21. The van der Waals surface area contributed by atoms with E-state index in [0.29, 0.717) is 5.88 Å². The zero-order chi connectivity index (χ0) is 13.4. The molecule has 0 N–H and O–H groups in total. The first-order valence-electron chi connectivity index (χ1n) is 6.67. The van der Waals surface area contributed by atoms with Crippen molar-refractivity contribution in [3.05, 3.63) is 29.6 Å². The average molecular weight is 279 g/mol. The van der Waals surface area contributed by atoms with Crippen LogP contribution in [0.1, 0.15) is 11.4 Å². The monoisotopic (exact) mass is 278 g/mol. The number of piperazine rings is 1. The summed E-state index contributed by atoms with van der Waals surface area (Å²) in [4.78, 5) is 6.99. The van der Waals surface area contributed by atoms with Gasteiger partial charge in [-0.1, -0.05) is 6.07 Å². The summed E-state index contributed by atoms with van der Waals surface area (Å²) in [7, 11) is 2.16. The Labute approximate surface area is 118 Å². The Hall–Kier alpha value is -1.26. The second-order valence-corrected chi connectivity index (χ2v) is 5.49. The van der Waals surface area contributed by atoms with Gasteiger partial charge < -0.3 is 9.91 Å². The number of likely N-dealkylation sites (N-methyl/N-ethyl adjacent to an activating group) is 1. The molecule has 19 heavy (non-hydrogen) atoms. The summed E-state index contributed by atoms with van der Waals surface area (Å²) in [5.41, 5.74) is 3.45. The minimum absolute atomic E-state index is 0.445. The first-order chi connectivity index (χ1) is 9.19. The van der Waals surface area contributed by atoms with Gasteiger partial charge in [0.05, 0.1) is 16.9 Å². The van der Waals surface area contributed by atoms with Crippen molar-refractivity contribution in [1.82, 2.24) is 14.6 Å². The summed E-state index contributed by atoms with van der Waals surface area (Å²) in [5, 5.41) is 2.35. The van der Waals surface area contributed by atoms with Crippen molar-refractivity contribution in [3.8, 4) is 0 Å². The van der Waals surface area contributed by atoms with E-state index in [-0.39, 0.29) is 0 Å². The van der Waals surface area contributed by atoms with Gasteiger partial charge in [0.25, 0.3) is 0 Å². The number of halogens is 1. The number of benzene rings is 1. The maximum absolute atomic E-state index is 6.07. The molecule has 102 valence electrons. The number of nitrogens with zero attached hydrogens (tertiary/aromatic N) is 4. The highest BCUT2D eigenvalue weighted by atomic mass is 35.5. The highest BCUT2D eigenvalue weighted by molar-refractivity contribution is 6.16. The second-order valence-electron chi connectivity index (χ2n) is 5.22. The van der Waals surface area contributed by atoms with Crippen molar-refractivity contribution in [2.24, 2.45) is 0 Å². The molecule has 3 rings (SSSR count). The van der Waals surface area contributed by atoms with Crippen LogP contribution >= 0.6 is 11.6 Å². The lowest BCUT2D eigenvalue weighted by atomic mass is 10.2. The number of hydrogen-bond acceptors (Lipinski definition) is 3. The lowest BCUT2D eigenvalue weighted by Gasteiger charge is -2.35. The predicted octanol–water partition coefficient (Wildman–Crippen LogP) is 1.97. The van der Waals surface area contributed by atoms with E-state index in [4.69, 9.17) is 11.6 Å². The minimum Gasteiger partial charge on any atom is -0.308 e. The fourth-order valence-corrected chi connectivity index (χ4v) is 2.79. The molecule has 2 heterocycles. The minimum atomic E-state index is 0.445. The number of aryl methyl sites for hydroxylation is 1. The van der Waals surface area contributed by atoms with Crippen molar-refractivity contribution in [1.29, 1.82) is 0 Å². The molecule has 0 saturated carbocycles. The van der Waals surface area contributed by atoms with Gasteiger partial charge in [-0.2, -0.15) is 0 Å². The zero-order valence-electron chi connectivity index (χ0n) is 11.4. The maximum Gasteiger partial charge on any atom is 0.143 e. The SMILES string of the molecule is Cc1ccc2nc(CCl)n(N3CCN(C)CC3)c2c1. The fraction of sp³-hybridized carbons (Fsp3) is 0.500. The molecule has 1 aliphatic heterocycles. The third-order valence-electron chi connectivity index (χ3n) is 3.74. The smallest absolute Gasteiger partial charge is 0.143 e. The molecule has 1 fully saturated rings. The molecule has 5 heteroatoms. The van der Waals surface area contributed by atoms with Gasteiger partial charge >= 0.3 is 0 Å². The standard InChI is InChI=1S/C14H19ClN4/c1-11-3-4-12-13(9-11)19(14(10-15)16-12)18-7-5-17(2)6-8-18/h3-4,9H,5-8,10H2,1-2H3. The Bertz CT molecular complexity index is 584. The molecule has 0 aliphatic carbocycles. The van der Waals surface area contributed by atoms with Crippen molar-refractivity contribution in [3.63, 3.8) is 0 Å². The predicted molar refractivity (Wildman–Crippen MR) is 79.5 cm³/mol. The van der Waals surface area contributed by atoms with Crippen molar-refractivity contribution in [2.75, 3.05) is 38.2 Å². The Morgan fingerprint density at radius 2 is 1.95 bits per heavy atom. The summed E-state index contributed by atoms with van der Waals surface area (Å²) in [5.74, 6) is 1.38. The molecule has 1 aromatic heterocycles. The maximum atomic E-state index is 6.07. The number of imidazole rings is 1. The molecule has 0 radical (unpaired) electrons. The fourth-order valence-electron chi connectivity index (χ4n) is 2.62. The number of fused-ring (bicyclic) bond motifs is 1. The number of hydrogen-bond donors (Lipinski definition) is 0. The van der Waals surface area contributed by atoms with E-state index in [0.717, 1.165) is 37.5 Å². The highest BCUT2D eigenvalue weighted by Gasteiger charge is 2.19. The third kappa shape index (κ3) is 2.30. The molecule has 0 atom stereocenters. The van der Waals surface area contributed by atoms with E-state index >= 15 is 0 Å². The third-order valence-corrected chi connectivity index (χ3v) is 3.97. The molecule has 1 aliphatic rings. The Kier molecular flexibility index (Phi) is 3.37. The van der Waals surface area contributed by atoms with Gasteiger partial charge in [0.1, 0.15) is 5.82 Å². The molecule has 2 aromatic rings. The largest absolute Gasteiger partial charge is 0.308 e. The molecule has 0 spiro atoms. The molecular weight excluding hydrogens is 260 g/mol. The zero-order valence-corrected chi connectivity index (χ0v) is 12.2. The average Bonchev–Trinajstić information content (AvgIpc) is 2.77. The Balaban J connectivity index is 2.07. The summed E-state index contributed by atoms with van der Waals surface area (Å²) in [6.45, 7) is 6.29. The van der Waals surface area contributed by atoms with Gasteiger partial charge in [-0.15, -0.1) is 11.6 Å². The van der Waals surface area contributed by atoms with E-state index in [1.165, 1.54) is 11.1 Å². The number of alkyl halides is 1. The van der Waals surface area contributed by atoms with Crippen molar-refractivity contribution in [2.45, 2.75) is 12.8 Å². The Morgan fingerprint density at radius 3 is 2.63 bits per heavy atom. The highest BCUT2D eigenvalue weighted by Crippen LogP contribution is 2.20. The van der Waals surface area contributed by atoms with Crippen LogP contribution in [0.5, 0.6) is 0 Å². The first-order valence-corrected chi connectivity index (χ1v) is 7.20. The molecule has 1 saturated heterocycles. The van der Waals surface area contributed by atoms with Crippen LogP contribution in [0.3, 0.4) is 0 Å². The van der Waals surface area contributed by atoms with E-state index in [1.54, 1.807) is 0 Å². The van der Waals surface area contributed by atoms with Gasteiger partial charge in [0.15, 0.2) is 0 Å². The van der Waals surface area contributed by atoms with E-state index in [9.17, 15) is 0 Å². The first kappa shape index (κ1) is 12.8. The van der Waals surface area contributed by atoms with Crippen LogP contribution in [0, 0.1) is 6.92 Å². The lowest BCUT2D eigenvalue weighted by Crippen LogP contribution is -2.50. The Morgan fingerprint density at radius 1 is 1.21 bits per heavy atom. The van der Waals surface area contributed by atoms with Gasteiger partial charge in [-0.05, 0) is 31.7 Å². The van der Waals surface area contributed by atoms with E-state index < -0.39 is 0 Å². The van der Waals surface area contributed by atoms with Gasteiger partial charge in [-0.25, -0.2) is 9.66 Å². The molecular formula is C14H19ClN4. The van der Waals surface area contributed by atoms with Crippen LogP contribution < -0.4 is 5.01 Å². The normalized spacial score (nSPS) is 17.3. The molecule has 0 unspecified atom stereocenters. The van der Waals surface area contributed by atoms with Crippen LogP contribution in [0.2, 0.25) is 0 Å². The van der Waals surface area contributed by atoms with Crippen LogP contribution in [0.15, 0.2) is 18.2 Å². The lowest BCUT2D eigenvalue weighted by molar-refractivity contribution is 0.288. The topological polar surface area (TPSA) is 24.3 Å². The van der Waals surface area contributed by atoms with E-state index in [1.807, 2.05) is 0 Å². The summed E-state index contributed by atoms with van der Waals surface area (Å²) in [6.07, 6.45) is 0. The summed E-state index contributed by atoms with van der Waals surface area (Å²) >= 11 is 6.07. The molecule has 1 aromatic carbocycles. The second kappa shape index (κ2) is 5.02. The molecule has 4 nitrogen and oxygen atoms in total. The van der Waals surface area contributed by atoms with Gasteiger partial charge in [0.2, 0.25) is 0 Å². The van der Waals surface area contributed by atoms with Gasteiger partial charge in [-0.3, -0.25) is 0 Å². The van der Waals surface area contributed by atoms with Crippen LogP contribution in [0.4, 0.5) is 0 Å². The van der Waals surface area contributed by atoms with Gasteiger partial charge in [0, 0.05) is 26.2 Å². The van der Waals surface area contributed by atoms with Crippen LogP contribution in [-0.2, 0) is 5.88 Å². The van der Waals surface area contributed by atoms with Crippen molar-refractivity contribution >= 4 is 22.6 Å². The number of aromatic nitrogens is 2. The summed E-state index contributed by atoms with van der Waals surface area (Å²) in [6, 6.07) is 6.37. The molecule has 0 amide bonds. The van der Waals surface area contributed by atoms with Crippen LogP contribution in [-0.4, -0.2) is 47.8 Å². The van der Waals surface area contributed by atoms with E-state index in [2.05, 4.69) is 51.7 Å². The quantitative estimate of drug-likeness (QED) is 0.785. The number of rotatable bonds is 2. The molecule has 0 bridgehead atoms. The van der Waals surface area contributed by atoms with Crippen LogP contribution in [0.25, 0.3) is 11.0 Å².